The number of thioether (sulfide) groups is 2. The van der Waals surface area contributed by atoms with Gasteiger partial charge in [0.15, 0.2) is 11.0 Å². The lowest BCUT2D eigenvalue weighted by atomic mass is 10.2. The Hall–Kier alpha value is -3.10. The second-order valence-corrected chi connectivity index (χ2v) is 9.53. The standard InChI is InChI=1S/C25H25N5OS2/c1-19-9-11-22(12-10-19)32-15-14-27-23(31)18-33-25-29-28-24(21-8-5-13-26-16-21)30(25)17-20-6-3-2-4-7-20/h2-13,16H,14-15,17-18H2,1H3,(H,27,31). The predicted molar refractivity (Wildman–Crippen MR) is 134 cm³/mol. The van der Waals surface area contributed by atoms with Crippen LogP contribution in [0.4, 0.5) is 0 Å². The van der Waals surface area contributed by atoms with Gasteiger partial charge in [-0.05, 0) is 36.8 Å². The largest absolute Gasteiger partial charge is 0.355 e. The van der Waals surface area contributed by atoms with Gasteiger partial charge in [0.1, 0.15) is 0 Å². The zero-order chi connectivity index (χ0) is 22.9. The molecular formula is C25H25N5OS2. The molecule has 0 aliphatic rings. The van der Waals surface area contributed by atoms with Crippen LogP contribution in [0.1, 0.15) is 11.1 Å². The van der Waals surface area contributed by atoms with Gasteiger partial charge < -0.3 is 5.32 Å². The first-order valence-corrected chi connectivity index (χ1v) is 12.6. The van der Waals surface area contributed by atoms with E-state index in [1.807, 2.05) is 34.9 Å². The van der Waals surface area contributed by atoms with Crippen LogP contribution in [0, 0.1) is 6.92 Å². The minimum atomic E-state index is -0.0123. The van der Waals surface area contributed by atoms with Gasteiger partial charge in [-0.25, -0.2) is 0 Å². The van der Waals surface area contributed by atoms with E-state index in [2.05, 4.69) is 63.8 Å². The molecule has 2 heterocycles. The summed E-state index contributed by atoms with van der Waals surface area (Å²) in [7, 11) is 0. The Bertz CT molecular complexity index is 1160. The van der Waals surface area contributed by atoms with Crippen LogP contribution in [0.25, 0.3) is 11.4 Å². The molecule has 33 heavy (non-hydrogen) atoms. The van der Waals surface area contributed by atoms with Gasteiger partial charge in [0.25, 0.3) is 0 Å². The van der Waals surface area contributed by atoms with Gasteiger partial charge in [0.2, 0.25) is 5.91 Å². The number of carbonyl (C=O) groups is 1. The van der Waals surface area contributed by atoms with Gasteiger partial charge in [0.05, 0.1) is 12.3 Å². The van der Waals surface area contributed by atoms with Gasteiger partial charge in [-0.2, -0.15) is 0 Å². The van der Waals surface area contributed by atoms with Gasteiger partial charge >= 0.3 is 0 Å². The number of aryl methyl sites for hydroxylation is 1. The van der Waals surface area contributed by atoms with E-state index in [4.69, 9.17) is 0 Å². The highest BCUT2D eigenvalue weighted by Crippen LogP contribution is 2.24. The van der Waals surface area contributed by atoms with Crippen LogP contribution in [0.15, 0.2) is 89.2 Å². The molecule has 0 saturated heterocycles. The van der Waals surface area contributed by atoms with Crippen LogP contribution >= 0.6 is 23.5 Å². The third kappa shape index (κ3) is 6.69. The summed E-state index contributed by atoms with van der Waals surface area (Å²) < 4.78 is 2.04. The summed E-state index contributed by atoms with van der Waals surface area (Å²) in [6.07, 6.45) is 3.51. The quantitative estimate of drug-likeness (QED) is 0.265. The van der Waals surface area contributed by atoms with Crippen molar-refractivity contribution in [3.8, 4) is 11.4 Å². The normalized spacial score (nSPS) is 10.8. The molecule has 6 nitrogen and oxygen atoms in total. The first-order chi connectivity index (χ1) is 16.2. The zero-order valence-electron chi connectivity index (χ0n) is 18.3. The molecule has 0 unspecified atom stereocenters. The number of nitrogens with one attached hydrogen (secondary N) is 1. The van der Waals surface area contributed by atoms with Crippen molar-refractivity contribution in [1.82, 2.24) is 25.1 Å². The molecule has 4 aromatic rings. The monoisotopic (exact) mass is 475 g/mol. The fourth-order valence-electron chi connectivity index (χ4n) is 3.19. The highest BCUT2D eigenvalue weighted by atomic mass is 32.2. The number of pyridine rings is 1. The molecule has 2 aromatic heterocycles. The van der Waals surface area contributed by atoms with E-state index in [1.54, 1.807) is 24.2 Å². The zero-order valence-corrected chi connectivity index (χ0v) is 20.0. The Morgan fingerprint density at radius 1 is 0.970 bits per heavy atom. The summed E-state index contributed by atoms with van der Waals surface area (Å²) in [4.78, 5) is 17.8. The Kier molecular flexibility index (Phi) is 8.16. The van der Waals surface area contributed by atoms with Crippen LogP contribution in [0.3, 0.4) is 0 Å². The number of benzene rings is 2. The van der Waals surface area contributed by atoms with Crippen molar-refractivity contribution in [2.45, 2.75) is 23.5 Å². The summed E-state index contributed by atoms with van der Waals surface area (Å²) in [6.45, 7) is 3.32. The molecular weight excluding hydrogens is 450 g/mol. The van der Waals surface area contributed by atoms with Crippen molar-refractivity contribution in [3.63, 3.8) is 0 Å². The van der Waals surface area contributed by atoms with E-state index in [0.717, 1.165) is 22.7 Å². The maximum absolute atomic E-state index is 12.4. The molecule has 0 aliphatic heterocycles. The van der Waals surface area contributed by atoms with E-state index >= 15 is 0 Å². The van der Waals surface area contributed by atoms with Crippen LogP contribution in [-0.2, 0) is 11.3 Å². The molecule has 0 aliphatic carbocycles. The minimum absolute atomic E-state index is 0.0123. The lowest BCUT2D eigenvalue weighted by Crippen LogP contribution is -2.27. The fourth-order valence-corrected chi connectivity index (χ4v) is 4.72. The SMILES string of the molecule is Cc1ccc(SCCNC(=O)CSc2nnc(-c3cccnc3)n2Cc2ccccc2)cc1. The summed E-state index contributed by atoms with van der Waals surface area (Å²) in [5, 5.41) is 12.5. The molecule has 0 saturated carbocycles. The summed E-state index contributed by atoms with van der Waals surface area (Å²) in [5.41, 5.74) is 3.28. The van der Waals surface area contributed by atoms with Crippen molar-refractivity contribution < 1.29 is 4.79 Å². The van der Waals surface area contributed by atoms with Crippen molar-refractivity contribution in [1.29, 1.82) is 0 Å². The molecule has 4 rings (SSSR count). The average Bonchev–Trinajstić information content (AvgIpc) is 3.25. The van der Waals surface area contributed by atoms with E-state index in [1.165, 1.54) is 22.2 Å². The summed E-state index contributed by atoms with van der Waals surface area (Å²) in [5.74, 6) is 1.84. The Morgan fingerprint density at radius 3 is 2.55 bits per heavy atom. The number of nitrogens with zero attached hydrogens (tertiary/aromatic N) is 4. The predicted octanol–water partition coefficient (Wildman–Crippen LogP) is 4.70. The highest BCUT2D eigenvalue weighted by Gasteiger charge is 2.16. The van der Waals surface area contributed by atoms with E-state index in [0.29, 0.717) is 18.2 Å². The topological polar surface area (TPSA) is 72.7 Å². The maximum atomic E-state index is 12.4. The van der Waals surface area contributed by atoms with Crippen LogP contribution in [-0.4, -0.2) is 43.7 Å². The molecule has 0 atom stereocenters. The van der Waals surface area contributed by atoms with Crippen molar-refractivity contribution >= 4 is 29.4 Å². The number of aromatic nitrogens is 4. The molecule has 0 bridgehead atoms. The third-order valence-corrected chi connectivity index (χ3v) is 6.85. The first-order valence-electron chi connectivity index (χ1n) is 10.7. The van der Waals surface area contributed by atoms with Crippen molar-refractivity contribution in [2.75, 3.05) is 18.1 Å². The van der Waals surface area contributed by atoms with Crippen molar-refractivity contribution in [3.05, 3.63) is 90.3 Å². The third-order valence-electron chi connectivity index (χ3n) is 4.87. The smallest absolute Gasteiger partial charge is 0.230 e. The second-order valence-electron chi connectivity index (χ2n) is 7.42. The lowest BCUT2D eigenvalue weighted by molar-refractivity contribution is -0.118. The number of hydrogen-bond donors (Lipinski definition) is 1. The van der Waals surface area contributed by atoms with E-state index in [9.17, 15) is 4.79 Å². The molecule has 0 fully saturated rings. The number of hydrogen-bond acceptors (Lipinski definition) is 6. The molecule has 1 N–H and O–H groups in total. The Morgan fingerprint density at radius 2 is 1.79 bits per heavy atom. The van der Waals surface area contributed by atoms with Gasteiger partial charge in [0, 0.05) is 35.2 Å². The Labute approximate surface area is 202 Å². The molecule has 8 heteroatoms. The van der Waals surface area contributed by atoms with Gasteiger partial charge in [-0.3, -0.25) is 14.3 Å². The maximum Gasteiger partial charge on any atom is 0.230 e. The van der Waals surface area contributed by atoms with Crippen molar-refractivity contribution in [2.24, 2.45) is 0 Å². The number of carbonyl (C=O) groups excluding carboxylic acids is 1. The second kappa shape index (κ2) is 11.7. The summed E-state index contributed by atoms with van der Waals surface area (Å²) >= 11 is 3.13. The van der Waals surface area contributed by atoms with Crippen LogP contribution in [0.2, 0.25) is 0 Å². The molecule has 1 amide bonds. The average molecular weight is 476 g/mol. The molecule has 0 spiro atoms. The molecule has 168 valence electrons. The van der Waals surface area contributed by atoms with E-state index in [-0.39, 0.29) is 11.7 Å². The fraction of sp³-hybridized carbons (Fsp3) is 0.200. The Balaban J connectivity index is 1.35. The molecule has 2 aromatic carbocycles. The van der Waals surface area contributed by atoms with E-state index < -0.39 is 0 Å². The van der Waals surface area contributed by atoms with Gasteiger partial charge in [-0.15, -0.1) is 22.0 Å². The van der Waals surface area contributed by atoms with Crippen LogP contribution in [0.5, 0.6) is 0 Å². The minimum Gasteiger partial charge on any atom is -0.355 e. The number of rotatable bonds is 10. The highest BCUT2D eigenvalue weighted by molar-refractivity contribution is 7.99. The van der Waals surface area contributed by atoms with Gasteiger partial charge in [-0.1, -0.05) is 59.8 Å². The lowest BCUT2D eigenvalue weighted by Gasteiger charge is -2.10. The summed E-state index contributed by atoms with van der Waals surface area (Å²) in [6, 6.07) is 22.4. The first kappa shape index (κ1) is 23.1. The molecule has 0 radical (unpaired) electrons. The van der Waals surface area contributed by atoms with Crippen LogP contribution < -0.4 is 5.32 Å². The number of amides is 1.